The van der Waals surface area contributed by atoms with E-state index in [-0.39, 0.29) is 23.3 Å². The monoisotopic (exact) mass is 250 g/mol. The molecule has 0 saturated carbocycles. The molecule has 0 aromatic carbocycles. The third kappa shape index (κ3) is 3.09. The van der Waals surface area contributed by atoms with Gasteiger partial charge in [0.1, 0.15) is 6.10 Å². The Hall–Kier alpha value is -1.38. The van der Waals surface area contributed by atoms with E-state index in [2.05, 4.69) is 13.8 Å². The Kier molecular flexibility index (Phi) is 4.49. The Labute approximate surface area is 109 Å². The zero-order chi connectivity index (χ0) is 13.9. The first-order valence-corrected chi connectivity index (χ1v) is 6.35. The average molecular weight is 250 g/mol. The van der Waals surface area contributed by atoms with E-state index >= 15 is 0 Å². The summed E-state index contributed by atoms with van der Waals surface area (Å²) in [6.45, 7) is 9.26. The maximum Gasteiger partial charge on any atom is 0.303 e. The van der Waals surface area contributed by atoms with Crippen LogP contribution in [0.1, 0.15) is 47.5 Å². The summed E-state index contributed by atoms with van der Waals surface area (Å²) in [5, 5.41) is 0. The number of ether oxygens (including phenoxy) is 1. The molecule has 3 heteroatoms. The number of carbonyl (C=O) groups excluding carboxylic acids is 2. The van der Waals surface area contributed by atoms with Crippen molar-refractivity contribution in [3.63, 3.8) is 0 Å². The molecule has 100 valence electrons. The Balaban J connectivity index is 3.17. The van der Waals surface area contributed by atoms with E-state index in [1.807, 2.05) is 13.8 Å². The Morgan fingerprint density at radius 2 is 2.00 bits per heavy atom. The molecule has 1 unspecified atom stereocenters. The molecule has 0 amide bonds. The minimum atomic E-state index is -0.295. The van der Waals surface area contributed by atoms with Gasteiger partial charge in [0.15, 0.2) is 5.78 Å². The first-order valence-electron chi connectivity index (χ1n) is 6.35. The lowest BCUT2D eigenvalue weighted by Crippen LogP contribution is -2.33. The van der Waals surface area contributed by atoms with Crippen LogP contribution in [-0.2, 0) is 14.3 Å². The van der Waals surface area contributed by atoms with Crippen molar-refractivity contribution in [2.45, 2.75) is 53.6 Å². The van der Waals surface area contributed by atoms with Gasteiger partial charge in [0, 0.05) is 12.5 Å². The van der Waals surface area contributed by atoms with Crippen molar-refractivity contribution in [1.82, 2.24) is 0 Å². The second kappa shape index (κ2) is 5.51. The van der Waals surface area contributed by atoms with Crippen LogP contribution in [0.15, 0.2) is 23.3 Å². The highest BCUT2D eigenvalue weighted by molar-refractivity contribution is 6.05. The number of esters is 1. The van der Waals surface area contributed by atoms with E-state index in [9.17, 15) is 9.59 Å². The first kappa shape index (κ1) is 14.7. The number of carbonyl (C=O) groups is 2. The molecule has 1 aliphatic rings. The molecule has 0 bridgehead atoms. The van der Waals surface area contributed by atoms with Gasteiger partial charge in [-0.3, -0.25) is 9.59 Å². The van der Waals surface area contributed by atoms with Crippen LogP contribution < -0.4 is 0 Å². The highest BCUT2D eigenvalue weighted by Crippen LogP contribution is 2.41. The van der Waals surface area contributed by atoms with E-state index in [4.69, 9.17) is 4.74 Å². The smallest absolute Gasteiger partial charge is 0.303 e. The quantitative estimate of drug-likeness (QED) is 0.570. The van der Waals surface area contributed by atoms with Crippen molar-refractivity contribution in [1.29, 1.82) is 0 Å². The lowest BCUT2D eigenvalue weighted by molar-refractivity contribution is -0.145. The largest absolute Gasteiger partial charge is 0.458 e. The molecule has 0 aromatic heterocycles. The Morgan fingerprint density at radius 3 is 2.50 bits per heavy atom. The topological polar surface area (TPSA) is 43.4 Å². The SMILES string of the molecule is C/C=C/C(=O)C1=C(C)C(OC(C)=O)CCC1(C)C. The Bertz CT molecular complexity index is 413. The highest BCUT2D eigenvalue weighted by Gasteiger charge is 2.37. The summed E-state index contributed by atoms with van der Waals surface area (Å²) < 4.78 is 5.28. The summed E-state index contributed by atoms with van der Waals surface area (Å²) in [7, 11) is 0. The van der Waals surface area contributed by atoms with Gasteiger partial charge in [0.05, 0.1) is 0 Å². The van der Waals surface area contributed by atoms with Crippen LogP contribution in [0.4, 0.5) is 0 Å². The molecule has 0 aromatic rings. The van der Waals surface area contributed by atoms with Crippen molar-refractivity contribution in [3.8, 4) is 0 Å². The number of allylic oxidation sites excluding steroid dienone is 3. The second-order valence-corrected chi connectivity index (χ2v) is 5.44. The van der Waals surface area contributed by atoms with E-state index in [0.717, 1.165) is 24.0 Å². The van der Waals surface area contributed by atoms with E-state index in [1.54, 1.807) is 12.2 Å². The van der Waals surface area contributed by atoms with Crippen LogP contribution in [0.5, 0.6) is 0 Å². The fourth-order valence-corrected chi connectivity index (χ4v) is 2.64. The minimum Gasteiger partial charge on any atom is -0.458 e. The van der Waals surface area contributed by atoms with Crippen molar-refractivity contribution in [2.24, 2.45) is 5.41 Å². The zero-order valence-corrected chi connectivity index (χ0v) is 11.9. The summed E-state index contributed by atoms with van der Waals surface area (Å²) in [5.74, 6) is -0.270. The summed E-state index contributed by atoms with van der Waals surface area (Å²) in [5.41, 5.74) is 1.53. The number of rotatable bonds is 3. The number of hydrogen-bond donors (Lipinski definition) is 0. The van der Waals surface area contributed by atoms with Crippen LogP contribution in [0.3, 0.4) is 0 Å². The van der Waals surface area contributed by atoms with Crippen LogP contribution in [0, 0.1) is 5.41 Å². The van der Waals surface area contributed by atoms with Gasteiger partial charge >= 0.3 is 5.97 Å². The predicted octanol–water partition coefficient (Wildman–Crippen LogP) is 3.20. The van der Waals surface area contributed by atoms with Crippen LogP contribution in [0.25, 0.3) is 0 Å². The molecular formula is C15H22O3. The molecular weight excluding hydrogens is 228 g/mol. The molecule has 0 radical (unpaired) electrons. The van der Waals surface area contributed by atoms with Gasteiger partial charge in [-0.25, -0.2) is 0 Å². The van der Waals surface area contributed by atoms with Gasteiger partial charge in [-0.05, 0) is 43.8 Å². The molecule has 1 atom stereocenters. The molecule has 0 N–H and O–H groups in total. The molecule has 18 heavy (non-hydrogen) atoms. The fraction of sp³-hybridized carbons (Fsp3) is 0.600. The van der Waals surface area contributed by atoms with Gasteiger partial charge in [-0.15, -0.1) is 0 Å². The van der Waals surface area contributed by atoms with E-state index in [0.29, 0.717) is 0 Å². The van der Waals surface area contributed by atoms with Crippen molar-refractivity contribution in [3.05, 3.63) is 23.3 Å². The molecule has 0 fully saturated rings. The molecule has 0 saturated heterocycles. The average Bonchev–Trinajstić information content (AvgIpc) is 2.22. The van der Waals surface area contributed by atoms with Gasteiger partial charge in [-0.1, -0.05) is 19.9 Å². The minimum absolute atomic E-state index is 0.0249. The number of ketones is 1. The summed E-state index contributed by atoms with van der Waals surface area (Å²) in [4.78, 5) is 23.2. The zero-order valence-electron chi connectivity index (χ0n) is 11.9. The number of hydrogen-bond acceptors (Lipinski definition) is 3. The summed E-state index contributed by atoms with van der Waals surface area (Å²) in [6, 6.07) is 0. The molecule has 0 spiro atoms. The third-order valence-electron chi connectivity index (χ3n) is 3.46. The molecule has 3 nitrogen and oxygen atoms in total. The summed E-state index contributed by atoms with van der Waals surface area (Å²) >= 11 is 0. The fourth-order valence-electron chi connectivity index (χ4n) is 2.64. The van der Waals surface area contributed by atoms with Gasteiger partial charge < -0.3 is 4.74 Å². The van der Waals surface area contributed by atoms with Crippen LogP contribution in [0.2, 0.25) is 0 Å². The lowest BCUT2D eigenvalue weighted by atomic mass is 9.70. The molecule has 0 heterocycles. The first-order chi connectivity index (χ1) is 8.29. The molecule has 1 aliphatic carbocycles. The third-order valence-corrected chi connectivity index (χ3v) is 3.46. The van der Waals surface area contributed by atoms with Gasteiger partial charge in [-0.2, -0.15) is 0 Å². The highest BCUT2D eigenvalue weighted by atomic mass is 16.5. The standard InChI is InChI=1S/C15H22O3/c1-6-7-12(17)14-10(2)13(18-11(3)16)8-9-15(14,4)5/h6-7,13H,8-9H2,1-5H3/b7-6+. The predicted molar refractivity (Wildman–Crippen MR) is 71.1 cm³/mol. The van der Waals surface area contributed by atoms with Gasteiger partial charge in [0.25, 0.3) is 0 Å². The maximum atomic E-state index is 12.2. The lowest BCUT2D eigenvalue weighted by Gasteiger charge is -2.36. The van der Waals surface area contributed by atoms with Crippen molar-refractivity contribution >= 4 is 11.8 Å². The van der Waals surface area contributed by atoms with Crippen LogP contribution in [-0.4, -0.2) is 17.9 Å². The van der Waals surface area contributed by atoms with E-state index < -0.39 is 0 Å². The Morgan fingerprint density at radius 1 is 1.39 bits per heavy atom. The second-order valence-electron chi connectivity index (χ2n) is 5.44. The van der Waals surface area contributed by atoms with Crippen molar-refractivity contribution < 1.29 is 14.3 Å². The van der Waals surface area contributed by atoms with E-state index in [1.165, 1.54) is 6.92 Å². The normalized spacial score (nSPS) is 23.3. The van der Waals surface area contributed by atoms with Crippen LogP contribution >= 0.6 is 0 Å². The molecule has 0 aliphatic heterocycles. The molecule has 1 rings (SSSR count). The van der Waals surface area contributed by atoms with Crippen molar-refractivity contribution in [2.75, 3.05) is 0 Å². The summed E-state index contributed by atoms with van der Waals surface area (Å²) in [6.07, 6.45) is 4.70. The maximum absolute atomic E-state index is 12.2. The van der Waals surface area contributed by atoms with Gasteiger partial charge in [0.2, 0.25) is 0 Å².